The molecule has 1 aliphatic heterocycles. The summed E-state index contributed by atoms with van der Waals surface area (Å²) in [5.41, 5.74) is 5.35. The lowest BCUT2D eigenvalue weighted by Gasteiger charge is -2.32. The summed E-state index contributed by atoms with van der Waals surface area (Å²) in [7, 11) is 0. The van der Waals surface area contributed by atoms with Crippen molar-refractivity contribution in [3.05, 3.63) is 0 Å². The monoisotopic (exact) mass is 274 g/mol. The molecule has 1 heterocycles. The fourth-order valence-corrected chi connectivity index (χ4v) is 2.97. The fourth-order valence-electron chi connectivity index (χ4n) is 1.91. The summed E-state index contributed by atoms with van der Waals surface area (Å²) < 4.78 is 5.08. The van der Waals surface area contributed by atoms with Crippen LogP contribution in [0.5, 0.6) is 0 Å². The Hall–Kier alpha value is -0.750. The Labute approximate surface area is 112 Å². The Morgan fingerprint density at radius 1 is 1.50 bits per heavy atom. The first-order valence-electron chi connectivity index (χ1n) is 6.32. The summed E-state index contributed by atoms with van der Waals surface area (Å²) >= 11 is 1.57. The zero-order valence-corrected chi connectivity index (χ0v) is 11.9. The lowest BCUT2D eigenvalue weighted by molar-refractivity contribution is -0.144. The molecule has 0 bridgehead atoms. The van der Waals surface area contributed by atoms with Crippen molar-refractivity contribution in [2.24, 2.45) is 5.73 Å². The second-order valence-electron chi connectivity index (χ2n) is 4.66. The molecule has 0 aliphatic carbocycles. The SMILES string of the molecule is CC(C)OC(=O)CSC1CCCN(C(=O)CN)C1. The van der Waals surface area contributed by atoms with E-state index in [1.807, 2.05) is 13.8 Å². The molecule has 18 heavy (non-hydrogen) atoms. The molecule has 2 N–H and O–H groups in total. The molecule has 1 atom stereocenters. The highest BCUT2D eigenvalue weighted by molar-refractivity contribution is 8.00. The van der Waals surface area contributed by atoms with Crippen molar-refractivity contribution in [1.82, 2.24) is 4.90 Å². The summed E-state index contributed by atoms with van der Waals surface area (Å²) in [6.45, 7) is 5.21. The van der Waals surface area contributed by atoms with Crippen molar-refractivity contribution >= 4 is 23.6 Å². The summed E-state index contributed by atoms with van der Waals surface area (Å²) in [6.07, 6.45) is 1.94. The number of nitrogens with zero attached hydrogens (tertiary/aromatic N) is 1. The quantitative estimate of drug-likeness (QED) is 0.744. The summed E-state index contributed by atoms with van der Waals surface area (Å²) in [4.78, 5) is 24.7. The number of esters is 1. The predicted octanol–water partition coefficient (Wildman–Crippen LogP) is 0.621. The average Bonchev–Trinajstić information content (AvgIpc) is 2.35. The molecule has 0 aromatic heterocycles. The number of hydrogen-bond donors (Lipinski definition) is 1. The first kappa shape index (κ1) is 15.3. The number of thioether (sulfide) groups is 1. The predicted molar refractivity (Wildman–Crippen MR) is 72.3 cm³/mol. The zero-order chi connectivity index (χ0) is 13.5. The van der Waals surface area contributed by atoms with Crippen LogP contribution in [-0.2, 0) is 14.3 Å². The molecular weight excluding hydrogens is 252 g/mol. The number of carbonyl (C=O) groups excluding carboxylic acids is 2. The van der Waals surface area contributed by atoms with E-state index in [1.165, 1.54) is 0 Å². The van der Waals surface area contributed by atoms with Crippen LogP contribution < -0.4 is 5.73 Å². The van der Waals surface area contributed by atoms with Crippen LogP contribution in [-0.4, -0.2) is 53.5 Å². The Balaban J connectivity index is 2.30. The van der Waals surface area contributed by atoms with E-state index in [2.05, 4.69) is 0 Å². The van der Waals surface area contributed by atoms with E-state index < -0.39 is 0 Å². The van der Waals surface area contributed by atoms with Gasteiger partial charge >= 0.3 is 5.97 Å². The van der Waals surface area contributed by atoms with E-state index in [0.29, 0.717) is 17.5 Å². The molecule has 0 saturated carbocycles. The standard InChI is InChI=1S/C12H22N2O3S/c1-9(2)17-12(16)8-18-10-4-3-5-14(7-10)11(15)6-13/h9-10H,3-8,13H2,1-2H3. The zero-order valence-electron chi connectivity index (χ0n) is 11.1. The van der Waals surface area contributed by atoms with Crippen LogP contribution >= 0.6 is 11.8 Å². The van der Waals surface area contributed by atoms with Crippen LogP contribution in [0, 0.1) is 0 Å². The van der Waals surface area contributed by atoms with Gasteiger partial charge in [0.1, 0.15) is 0 Å². The van der Waals surface area contributed by atoms with Gasteiger partial charge in [-0.2, -0.15) is 0 Å². The van der Waals surface area contributed by atoms with E-state index >= 15 is 0 Å². The molecule has 1 fully saturated rings. The highest BCUT2D eigenvalue weighted by atomic mass is 32.2. The molecular formula is C12H22N2O3S. The molecule has 1 aliphatic rings. The van der Waals surface area contributed by atoms with Crippen molar-refractivity contribution < 1.29 is 14.3 Å². The summed E-state index contributed by atoms with van der Waals surface area (Å²) in [6, 6.07) is 0. The third-order valence-electron chi connectivity index (χ3n) is 2.71. The highest BCUT2D eigenvalue weighted by Crippen LogP contribution is 2.22. The second kappa shape index (κ2) is 7.63. The first-order valence-corrected chi connectivity index (χ1v) is 7.36. The number of nitrogens with two attached hydrogens (primary N) is 1. The van der Waals surface area contributed by atoms with E-state index in [9.17, 15) is 9.59 Å². The maximum Gasteiger partial charge on any atom is 0.316 e. The van der Waals surface area contributed by atoms with E-state index in [-0.39, 0.29) is 24.5 Å². The van der Waals surface area contributed by atoms with E-state index in [4.69, 9.17) is 10.5 Å². The van der Waals surface area contributed by atoms with Crippen LogP contribution in [0.25, 0.3) is 0 Å². The average molecular weight is 274 g/mol. The largest absolute Gasteiger partial charge is 0.462 e. The minimum atomic E-state index is -0.183. The van der Waals surface area contributed by atoms with Gasteiger partial charge in [-0.3, -0.25) is 9.59 Å². The van der Waals surface area contributed by atoms with Crippen LogP contribution in [0.2, 0.25) is 0 Å². The Bertz CT molecular complexity index is 297. The molecule has 1 saturated heterocycles. The van der Waals surface area contributed by atoms with Crippen LogP contribution in [0.4, 0.5) is 0 Å². The first-order chi connectivity index (χ1) is 8.52. The van der Waals surface area contributed by atoms with Crippen molar-refractivity contribution in [3.8, 4) is 0 Å². The molecule has 0 aromatic rings. The number of ether oxygens (including phenoxy) is 1. The minimum Gasteiger partial charge on any atom is -0.462 e. The van der Waals surface area contributed by atoms with E-state index in [0.717, 1.165) is 19.4 Å². The smallest absolute Gasteiger partial charge is 0.316 e. The molecule has 104 valence electrons. The molecule has 6 heteroatoms. The van der Waals surface area contributed by atoms with Gasteiger partial charge in [0, 0.05) is 18.3 Å². The van der Waals surface area contributed by atoms with Gasteiger partial charge in [-0.1, -0.05) is 0 Å². The maximum absolute atomic E-state index is 11.5. The topological polar surface area (TPSA) is 72.6 Å². The van der Waals surface area contributed by atoms with Gasteiger partial charge in [0.15, 0.2) is 0 Å². The number of rotatable bonds is 5. The van der Waals surface area contributed by atoms with Crippen LogP contribution in [0.3, 0.4) is 0 Å². The number of carbonyl (C=O) groups is 2. The number of hydrogen-bond acceptors (Lipinski definition) is 5. The Kier molecular flexibility index (Phi) is 6.49. The van der Waals surface area contributed by atoms with E-state index in [1.54, 1.807) is 16.7 Å². The van der Waals surface area contributed by atoms with Gasteiger partial charge in [-0.05, 0) is 26.7 Å². The van der Waals surface area contributed by atoms with Crippen LogP contribution in [0.15, 0.2) is 0 Å². The number of likely N-dealkylation sites (tertiary alicyclic amines) is 1. The molecule has 1 unspecified atom stereocenters. The summed E-state index contributed by atoms with van der Waals surface area (Å²) in [5, 5.41) is 0.314. The molecule has 1 amide bonds. The Morgan fingerprint density at radius 3 is 2.83 bits per heavy atom. The minimum absolute atomic E-state index is 0.00921. The third-order valence-corrected chi connectivity index (χ3v) is 3.97. The Morgan fingerprint density at radius 2 is 2.22 bits per heavy atom. The van der Waals surface area contributed by atoms with Gasteiger partial charge in [0.2, 0.25) is 5.91 Å². The third kappa shape index (κ3) is 5.27. The van der Waals surface area contributed by atoms with Gasteiger partial charge in [0.05, 0.1) is 18.4 Å². The van der Waals surface area contributed by atoms with Gasteiger partial charge in [-0.25, -0.2) is 0 Å². The molecule has 5 nitrogen and oxygen atoms in total. The van der Waals surface area contributed by atoms with Crippen molar-refractivity contribution in [1.29, 1.82) is 0 Å². The van der Waals surface area contributed by atoms with Crippen molar-refractivity contribution in [2.45, 2.75) is 38.0 Å². The van der Waals surface area contributed by atoms with Gasteiger partial charge < -0.3 is 15.4 Å². The second-order valence-corrected chi connectivity index (χ2v) is 5.95. The van der Waals surface area contributed by atoms with Crippen molar-refractivity contribution in [2.75, 3.05) is 25.4 Å². The van der Waals surface area contributed by atoms with Crippen molar-refractivity contribution in [3.63, 3.8) is 0 Å². The van der Waals surface area contributed by atoms with Crippen LogP contribution in [0.1, 0.15) is 26.7 Å². The molecule has 0 aromatic carbocycles. The lowest BCUT2D eigenvalue weighted by atomic mass is 10.1. The number of amides is 1. The normalized spacial score (nSPS) is 20.0. The summed E-state index contributed by atoms with van der Waals surface area (Å²) in [5.74, 6) is 0.162. The molecule has 0 spiro atoms. The highest BCUT2D eigenvalue weighted by Gasteiger charge is 2.23. The van der Waals surface area contributed by atoms with Gasteiger partial charge in [-0.15, -0.1) is 11.8 Å². The molecule has 1 rings (SSSR count). The maximum atomic E-state index is 11.5. The fraction of sp³-hybridized carbons (Fsp3) is 0.833. The molecule has 0 radical (unpaired) electrons. The lowest BCUT2D eigenvalue weighted by Crippen LogP contribution is -2.44. The van der Waals surface area contributed by atoms with Gasteiger partial charge in [0.25, 0.3) is 0 Å². The number of piperidine rings is 1.